The van der Waals surface area contributed by atoms with Gasteiger partial charge in [-0.2, -0.15) is 9.97 Å². The molecule has 2 N–H and O–H groups in total. The molecule has 0 aromatic carbocycles. The SMILES string of the molecule is CN1C[C@@]2(CCCN(c3cc(N)nc(N4CCOCC4)n3)C2)OC1=O. The highest BCUT2D eigenvalue weighted by Gasteiger charge is 2.46. The summed E-state index contributed by atoms with van der Waals surface area (Å²) in [7, 11) is 1.77. The number of hydrogen-bond donors (Lipinski definition) is 1. The average molecular weight is 348 g/mol. The zero-order valence-electron chi connectivity index (χ0n) is 14.5. The van der Waals surface area contributed by atoms with Gasteiger partial charge in [0.1, 0.15) is 17.2 Å². The van der Waals surface area contributed by atoms with Crippen molar-refractivity contribution in [2.45, 2.75) is 18.4 Å². The minimum absolute atomic E-state index is 0.252. The molecule has 3 aliphatic rings. The van der Waals surface area contributed by atoms with Gasteiger partial charge in [0, 0.05) is 32.7 Å². The van der Waals surface area contributed by atoms with E-state index in [1.807, 2.05) is 0 Å². The lowest BCUT2D eigenvalue weighted by molar-refractivity contribution is 0.0445. The molecule has 1 spiro atoms. The molecule has 3 saturated heterocycles. The van der Waals surface area contributed by atoms with Crippen LogP contribution >= 0.6 is 0 Å². The van der Waals surface area contributed by atoms with Gasteiger partial charge in [-0.3, -0.25) is 0 Å². The van der Waals surface area contributed by atoms with E-state index in [9.17, 15) is 4.79 Å². The van der Waals surface area contributed by atoms with Crippen LogP contribution in [-0.4, -0.2) is 79.5 Å². The molecule has 1 amide bonds. The topological polar surface area (TPSA) is 97.1 Å². The fraction of sp³-hybridized carbons (Fsp3) is 0.688. The van der Waals surface area contributed by atoms with Crippen LogP contribution < -0.4 is 15.5 Å². The van der Waals surface area contributed by atoms with E-state index in [2.05, 4.69) is 14.8 Å². The second-order valence-corrected chi connectivity index (χ2v) is 6.98. The molecule has 9 nitrogen and oxygen atoms in total. The number of hydrogen-bond acceptors (Lipinski definition) is 8. The second-order valence-electron chi connectivity index (χ2n) is 6.98. The van der Waals surface area contributed by atoms with Gasteiger partial charge < -0.3 is 29.9 Å². The number of carbonyl (C=O) groups is 1. The Morgan fingerprint density at radius 1 is 1.16 bits per heavy atom. The predicted octanol–water partition coefficient (Wildman–Crippen LogP) is 0.316. The number of nitrogen functional groups attached to an aromatic ring is 1. The molecule has 1 atom stereocenters. The first-order chi connectivity index (χ1) is 12.0. The maximum atomic E-state index is 11.8. The van der Waals surface area contributed by atoms with Crippen LogP contribution in [0.1, 0.15) is 12.8 Å². The molecule has 0 saturated carbocycles. The first-order valence-electron chi connectivity index (χ1n) is 8.71. The highest BCUT2D eigenvalue weighted by atomic mass is 16.6. The maximum absolute atomic E-state index is 11.8. The van der Waals surface area contributed by atoms with E-state index in [-0.39, 0.29) is 6.09 Å². The van der Waals surface area contributed by atoms with Gasteiger partial charge in [0.25, 0.3) is 0 Å². The Hall–Kier alpha value is -2.29. The van der Waals surface area contributed by atoms with Crippen LogP contribution in [0, 0.1) is 0 Å². The summed E-state index contributed by atoms with van der Waals surface area (Å²) in [5.74, 6) is 1.88. The highest BCUT2D eigenvalue weighted by Crippen LogP contribution is 2.33. The van der Waals surface area contributed by atoms with Crippen LogP contribution in [0.25, 0.3) is 0 Å². The number of rotatable bonds is 2. The Balaban J connectivity index is 1.56. The molecule has 3 aliphatic heterocycles. The summed E-state index contributed by atoms with van der Waals surface area (Å²) < 4.78 is 11.1. The van der Waals surface area contributed by atoms with Gasteiger partial charge in [0.15, 0.2) is 0 Å². The number of likely N-dealkylation sites (N-methyl/N-ethyl adjacent to an activating group) is 1. The summed E-state index contributed by atoms with van der Waals surface area (Å²) >= 11 is 0. The van der Waals surface area contributed by atoms with E-state index in [0.29, 0.717) is 38.1 Å². The van der Waals surface area contributed by atoms with E-state index in [1.54, 1.807) is 18.0 Å². The van der Waals surface area contributed by atoms with Gasteiger partial charge in [0.05, 0.1) is 26.3 Å². The third-order valence-electron chi connectivity index (χ3n) is 5.02. The highest BCUT2D eigenvalue weighted by molar-refractivity contribution is 5.70. The molecule has 3 fully saturated rings. The van der Waals surface area contributed by atoms with Gasteiger partial charge in [0.2, 0.25) is 5.95 Å². The van der Waals surface area contributed by atoms with Crippen LogP contribution in [0.15, 0.2) is 6.07 Å². The van der Waals surface area contributed by atoms with Crippen LogP contribution in [0.3, 0.4) is 0 Å². The Morgan fingerprint density at radius 3 is 2.68 bits per heavy atom. The molecule has 0 aliphatic carbocycles. The van der Waals surface area contributed by atoms with E-state index < -0.39 is 5.60 Å². The minimum atomic E-state index is -0.455. The largest absolute Gasteiger partial charge is 0.439 e. The van der Waals surface area contributed by atoms with Crippen molar-refractivity contribution >= 4 is 23.7 Å². The number of morpholine rings is 1. The number of nitrogens with two attached hydrogens (primary N) is 1. The molecular weight excluding hydrogens is 324 g/mol. The van der Waals surface area contributed by atoms with E-state index in [1.165, 1.54) is 0 Å². The molecule has 0 bridgehead atoms. The molecule has 0 unspecified atom stereocenters. The lowest BCUT2D eigenvalue weighted by atomic mass is 9.93. The summed E-state index contributed by atoms with van der Waals surface area (Å²) in [6.07, 6.45) is 1.56. The first kappa shape index (κ1) is 16.2. The zero-order valence-corrected chi connectivity index (χ0v) is 14.5. The quantitative estimate of drug-likeness (QED) is 0.816. The molecule has 4 heterocycles. The van der Waals surface area contributed by atoms with E-state index >= 15 is 0 Å². The number of anilines is 3. The van der Waals surface area contributed by atoms with Crippen LogP contribution in [0.4, 0.5) is 22.4 Å². The average Bonchev–Trinajstić information content (AvgIpc) is 2.88. The third kappa shape index (κ3) is 3.15. The lowest BCUT2D eigenvalue weighted by Gasteiger charge is -2.39. The van der Waals surface area contributed by atoms with Crippen molar-refractivity contribution in [2.24, 2.45) is 0 Å². The molecule has 25 heavy (non-hydrogen) atoms. The molecule has 0 radical (unpaired) electrons. The fourth-order valence-corrected chi connectivity index (χ4v) is 3.80. The van der Waals surface area contributed by atoms with Crippen LogP contribution in [0.5, 0.6) is 0 Å². The minimum Gasteiger partial charge on any atom is -0.439 e. The number of ether oxygens (including phenoxy) is 2. The van der Waals surface area contributed by atoms with E-state index in [0.717, 1.165) is 38.3 Å². The molecular formula is C16H24N6O3. The van der Waals surface area contributed by atoms with Gasteiger partial charge in [-0.15, -0.1) is 0 Å². The monoisotopic (exact) mass is 348 g/mol. The maximum Gasteiger partial charge on any atom is 0.410 e. The van der Waals surface area contributed by atoms with Gasteiger partial charge >= 0.3 is 6.09 Å². The Morgan fingerprint density at radius 2 is 1.96 bits per heavy atom. The number of aromatic nitrogens is 2. The molecule has 136 valence electrons. The van der Waals surface area contributed by atoms with Gasteiger partial charge in [-0.1, -0.05) is 0 Å². The van der Waals surface area contributed by atoms with Gasteiger partial charge in [-0.05, 0) is 12.8 Å². The first-order valence-corrected chi connectivity index (χ1v) is 8.71. The number of nitrogens with zero attached hydrogens (tertiary/aromatic N) is 5. The fourth-order valence-electron chi connectivity index (χ4n) is 3.80. The number of amides is 1. The Kier molecular flexibility index (Phi) is 4.03. The van der Waals surface area contributed by atoms with E-state index in [4.69, 9.17) is 20.2 Å². The van der Waals surface area contributed by atoms with Crippen molar-refractivity contribution in [2.75, 3.05) is 68.5 Å². The van der Waals surface area contributed by atoms with Crippen LogP contribution in [-0.2, 0) is 9.47 Å². The summed E-state index contributed by atoms with van der Waals surface area (Å²) in [6.45, 7) is 4.96. The van der Waals surface area contributed by atoms with Crippen molar-refractivity contribution in [1.82, 2.24) is 14.9 Å². The molecule has 4 rings (SSSR count). The number of carbonyl (C=O) groups excluding carboxylic acids is 1. The summed E-state index contributed by atoms with van der Waals surface area (Å²) in [5.41, 5.74) is 5.58. The Bertz CT molecular complexity index is 665. The van der Waals surface area contributed by atoms with Gasteiger partial charge in [-0.25, -0.2) is 4.79 Å². The summed E-state index contributed by atoms with van der Waals surface area (Å²) in [5, 5.41) is 0. The molecule has 9 heteroatoms. The second kappa shape index (κ2) is 6.21. The van der Waals surface area contributed by atoms with Crippen molar-refractivity contribution in [3.05, 3.63) is 6.07 Å². The molecule has 1 aromatic rings. The predicted molar refractivity (Wildman–Crippen MR) is 92.8 cm³/mol. The molecule has 1 aromatic heterocycles. The lowest BCUT2D eigenvalue weighted by Crippen LogP contribution is -2.51. The number of piperidine rings is 1. The summed E-state index contributed by atoms with van der Waals surface area (Å²) in [6, 6.07) is 1.80. The van der Waals surface area contributed by atoms with Crippen molar-refractivity contribution in [3.63, 3.8) is 0 Å². The third-order valence-corrected chi connectivity index (χ3v) is 5.02. The van der Waals surface area contributed by atoms with Crippen molar-refractivity contribution in [3.8, 4) is 0 Å². The normalized spacial score (nSPS) is 27.1. The Labute approximate surface area is 146 Å². The zero-order chi connectivity index (χ0) is 17.4. The van der Waals surface area contributed by atoms with Crippen molar-refractivity contribution in [1.29, 1.82) is 0 Å². The standard InChI is InChI=1S/C16H24N6O3/c1-20-10-16(25-15(20)23)3-2-4-22(11-16)13-9-12(17)18-14(19-13)21-5-7-24-8-6-21/h9H,2-8,10-11H2,1H3,(H2,17,18,19)/t16-/m1/s1. The van der Waals surface area contributed by atoms with Crippen molar-refractivity contribution < 1.29 is 14.3 Å². The smallest absolute Gasteiger partial charge is 0.410 e. The summed E-state index contributed by atoms with van der Waals surface area (Å²) in [4.78, 5) is 26.8. The van der Waals surface area contributed by atoms with Crippen LogP contribution in [0.2, 0.25) is 0 Å².